The highest BCUT2D eigenvalue weighted by Gasteiger charge is 2.34. The number of amides is 1. The fourth-order valence-electron chi connectivity index (χ4n) is 2.05. The molecule has 1 atom stereocenters. The molecule has 1 aliphatic carbocycles. The minimum absolute atomic E-state index is 0.00750. The summed E-state index contributed by atoms with van der Waals surface area (Å²) in [5, 5.41) is 3.10. The number of nitrogens with two attached hydrogens (primary N) is 1. The molecule has 0 aromatic heterocycles. The highest BCUT2D eigenvalue weighted by atomic mass is 16.2. The van der Waals surface area contributed by atoms with E-state index in [4.69, 9.17) is 5.73 Å². The Labute approximate surface area is 92.8 Å². The van der Waals surface area contributed by atoms with E-state index in [0.717, 1.165) is 12.8 Å². The molecule has 1 rings (SSSR count). The number of hydrogen-bond donors (Lipinski definition) is 2. The van der Waals surface area contributed by atoms with Gasteiger partial charge in [-0.15, -0.1) is 0 Å². The maximum Gasteiger partial charge on any atom is 0.237 e. The maximum atomic E-state index is 11.9. The van der Waals surface area contributed by atoms with Gasteiger partial charge < -0.3 is 11.1 Å². The van der Waals surface area contributed by atoms with Crippen LogP contribution in [0.3, 0.4) is 0 Å². The van der Waals surface area contributed by atoms with Gasteiger partial charge in [-0.2, -0.15) is 0 Å². The molecule has 88 valence electrons. The van der Waals surface area contributed by atoms with Gasteiger partial charge in [0.1, 0.15) is 0 Å². The normalized spacial score (nSPS) is 22.5. The lowest BCUT2D eigenvalue weighted by Crippen LogP contribution is -2.54. The molecule has 1 fully saturated rings. The van der Waals surface area contributed by atoms with E-state index in [9.17, 15) is 4.79 Å². The highest BCUT2D eigenvalue weighted by molar-refractivity contribution is 5.83. The average Bonchev–Trinajstić information content (AvgIpc) is 2.48. The van der Waals surface area contributed by atoms with Crippen molar-refractivity contribution < 1.29 is 4.79 Å². The molecule has 3 nitrogen and oxygen atoms in total. The third-order valence-corrected chi connectivity index (χ3v) is 3.35. The Bertz CT molecular complexity index is 236. The van der Waals surface area contributed by atoms with Crippen LogP contribution in [-0.2, 0) is 4.79 Å². The van der Waals surface area contributed by atoms with Crippen LogP contribution in [0.4, 0.5) is 0 Å². The molecule has 1 saturated carbocycles. The summed E-state index contributed by atoms with van der Waals surface area (Å²) in [6, 6.07) is -0.421. The maximum absolute atomic E-state index is 11.9. The molecule has 3 heteroatoms. The second-order valence-corrected chi connectivity index (χ2v) is 6.10. The number of nitrogens with one attached hydrogen (secondary N) is 1. The fraction of sp³-hybridized carbons (Fsp3) is 0.917. The van der Waals surface area contributed by atoms with Crippen molar-refractivity contribution in [1.82, 2.24) is 5.32 Å². The van der Waals surface area contributed by atoms with E-state index < -0.39 is 6.04 Å². The molecule has 0 heterocycles. The summed E-state index contributed by atoms with van der Waals surface area (Å²) in [6.07, 6.45) is 4.58. The van der Waals surface area contributed by atoms with Gasteiger partial charge in [-0.3, -0.25) is 4.79 Å². The molecule has 0 aromatic rings. The summed E-state index contributed by atoms with van der Waals surface area (Å²) in [5.41, 5.74) is 5.74. The van der Waals surface area contributed by atoms with E-state index in [2.05, 4.69) is 12.2 Å². The first-order chi connectivity index (χ1) is 6.75. The van der Waals surface area contributed by atoms with E-state index in [1.165, 1.54) is 12.8 Å². The highest BCUT2D eigenvalue weighted by Crippen LogP contribution is 2.29. The van der Waals surface area contributed by atoms with Crippen molar-refractivity contribution in [3.8, 4) is 0 Å². The van der Waals surface area contributed by atoms with E-state index >= 15 is 0 Å². The van der Waals surface area contributed by atoms with Crippen molar-refractivity contribution in [1.29, 1.82) is 0 Å². The third kappa shape index (κ3) is 3.20. The number of carbonyl (C=O) groups excluding carboxylic acids is 1. The van der Waals surface area contributed by atoms with Gasteiger partial charge in [0.15, 0.2) is 0 Å². The predicted molar refractivity (Wildman–Crippen MR) is 62.4 cm³/mol. The van der Waals surface area contributed by atoms with Crippen molar-refractivity contribution in [3.63, 3.8) is 0 Å². The molecule has 0 bridgehead atoms. The Morgan fingerprint density at radius 2 is 1.80 bits per heavy atom. The van der Waals surface area contributed by atoms with Crippen LogP contribution in [0.25, 0.3) is 0 Å². The van der Waals surface area contributed by atoms with Crippen LogP contribution >= 0.6 is 0 Å². The van der Waals surface area contributed by atoms with Gasteiger partial charge in [0.25, 0.3) is 0 Å². The van der Waals surface area contributed by atoms with E-state index in [0.29, 0.717) is 0 Å². The van der Waals surface area contributed by atoms with Gasteiger partial charge in [-0.05, 0) is 25.2 Å². The first-order valence-electron chi connectivity index (χ1n) is 5.82. The molecule has 0 saturated heterocycles. The summed E-state index contributed by atoms with van der Waals surface area (Å²) >= 11 is 0. The van der Waals surface area contributed by atoms with Crippen LogP contribution in [0.15, 0.2) is 0 Å². The molecule has 1 aliphatic rings. The van der Waals surface area contributed by atoms with Crippen LogP contribution in [0.1, 0.15) is 53.4 Å². The zero-order chi connectivity index (χ0) is 11.7. The Morgan fingerprint density at radius 3 is 2.20 bits per heavy atom. The Hall–Kier alpha value is -0.570. The van der Waals surface area contributed by atoms with E-state index in [1.54, 1.807) is 0 Å². The van der Waals surface area contributed by atoms with Crippen molar-refractivity contribution in [2.45, 2.75) is 65.0 Å². The summed E-state index contributed by atoms with van der Waals surface area (Å²) in [6.45, 7) is 8.10. The Balaban J connectivity index is 2.55. The van der Waals surface area contributed by atoms with Crippen molar-refractivity contribution >= 4 is 5.91 Å². The molecular formula is C12H24N2O. The second-order valence-electron chi connectivity index (χ2n) is 6.10. The number of carbonyl (C=O) groups is 1. The predicted octanol–water partition coefficient (Wildman–Crippen LogP) is 1.81. The Morgan fingerprint density at radius 1 is 1.33 bits per heavy atom. The molecule has 0 spiro atoms. The second kappa shape index (κ2) is 4.12. The van der Waals surface area contributed by atoms with E-state index in [1.807, 2.05) is 20.8 Å². The van der Waals surface area contributed by atoms with Gasteiger partial charge >= 0.3 is 0 Å². The zero-order valence-corrected chi connectivity index (χ0v) is 10.4. The zero-order valence-electron chi connectivity index (χ0n) is 10.4. The van der Waals surface area contributed by atoms with Crippen LogP contribution in [0.5, 0.6) is 0 Å². The van der Waals surface area contributed by atoms with Crippen LogP contribution in [0, 0.1) is 5.41 Å². The smallest absolute Gasteiger partial charge is 0.237 e. The van der Waals surface area contributed by atoms with Crippen LogP contribution in [0.2, 0.25) is 0 Å². The standard InChI is InChI=1S/C12H24N2O/c1-11(2,3)9(13)10(15)14-12(4)7-5-6-8-12/h9H,5-8,13H2,1-4H3,(H,14,15)/t9-/m0/s1. The van der Waals surface area contributed by atoms with Gasteiger partial charge in [-0.1, -0.05) is 33.6 Å². The molecule has 0 aliphatic heterocycles. The van der Waals surface area contributed by atoms with Crippen molar-refractivity contribution in [2.24, 2.45) is 11.1 Å². The largest absolute Gasteiger partial charge is 0.350 e. The first kappa shape index (κ1) is 12.5. The molecule has 0 unspecified atom stereocenters. The summed E-state index contributed by atoms with van der Waals surface area (Å²) < 4.78 is 0. The minimum Gasteiger partial charge on any atom is -0.350 e. The molecule has 1 amide bonds. The monoisotopic (exact) mass is 212 g/mol. The minimum atomic E-state index is -0.421. The summed E-state index contributed by atoms with van der Waals surface area (Å²) in [7, 11) is 0. The van der Waals surface area contributed by atoms with Crippen molar-refractivity contribution in [2.75, 3.05) is 0 Å². The van der Waals surface area contributed by atoms with Gasteiger partial charge in [0, 0.05) is 5.54 Å². The Kier molecular flexibility index (Phi) is 3.44. The molecule has 3 N–H and O–H groups in total. The van der Waals surface area contributed by atoms with Gasteiger partial charge in [-0.25, -0.2) is 0 Å². The molecule has 0 aromatic carbocycles. The topological polar surface area (TPSA) is 55.1 Å². The third-order valence-electron chi connectivity index (χ3n) is 3.35. The summed E-state index contributed by atoms with van der Waals surface area (Å²) in [5.74, 6) is -0.00750. The average molecular weight is 212 g/mol. The van der Waals surface area contributed by atoms with Crippen LogP contribution < -0.4 is 11.1 Å². The number of hydrogen-bond acceptors (Lipinski definition) is 2. The lowest BCUT2D eigenvalue weighted by molar-refractivity contribution is -0.126. The lowest BCUT2D eigenvalue weighted by Gasteiger charge is -2.31. The van der Waals surface area contributed by atoms with Gasteiger partial charge in [0.2, 0.25) is 5.91 Å². The number of rotatable bonds is 2. The molecule has 0 radical (unpaired) electrons. The molecular weight excluding hydrogens is 188 g/mol. The molecule has 15 heavy (non-hydrogen) atoms. The van der Waals surface area contributed by atoms with Crippen LogP contribution in [-0.4, -0.2) is 17.5 Å². The van der Waals surface area contributed by atoms with Crippen molar-refractivity contribution in [3.05, 3.63) is 0 Å². The first-order valence-corrected chi connectivity index (χ1v) is 5.82. The van der Waals surface area contributed by atoms with Gasteiger partial charge in [0.05, 0.1) is 6.04 Å². The fourth-order valence-corrected chi connectivity index (χ4v) is 2.05. The quantitative estimate of drug-likeness (QED) is 0.733. The lowest BCUT2D eigenvalue weighted by atomic mass is 9.86. The van der Waals surface area contributed by atoms with E-state index in [-0.39, 0.29) is 16.9 Å². The SMILES string of the molecule is CC1(NC(=O)[C@H](N)C(C)(C)C)CCCC1. The summed E-state index contributed by atoms with van der Waals surface area (Å²) in [4.78, 5) is 11.9.